The number of carboxylic acid groups (broad SMARTS) is 1. The lowest BCUT2D eigenvalue weighted by atomic mass is 9.88. The number of aliphatic hydroxyl groups is 20. The summed E-state index contributed by atoms with van der Waals surface area (Å²) in [6, 6.07) is -7.13. The van der Waals surface area contributed by atoms with Crippen LogP contribution in [0.2, 0.25) is 0 Å². The van der Waals surface area contributed by atoms with E-state index in [1.165, 1.54) is 0 Å². The maximum atomic E-state index is 13.1. The first kappa shape index (κ1) is 79.4. The number of aliphatic hydroxyl groups excluding tert-OH is 20. The smallest absolute Gasteiger partial charge is 0.364 e. The number of aliphatic carboxylic acids is 1. The van der Waals surface area contributed by atoms with Gasteiger partial charge >= 0.3 is 5.97 Å². The Kier molecular flexibility index (Phi) is 28.2. The second-order valence-corrected chi connectivity index (χ2v) is 24.0. The Labute approximate surface area is 543 Å². The van der Waals surface area contributed by atoms with Crippen molar-refractivity contribution >= 4 is 29.6 Å². The number of rotatable bonds is 26. The third-order valence-corrected chi connectivity index (χ3v) is 17.1. The van der Waals surface area contributed by atoms with E-state index in [4.69, 9.17) is 61.6 Å². The molecule has 0 aromatic heterocycles. The number of hydrogen-bond donors (Lipinski definition) is 25. The van der Waals surface area contributed by atoms with Crippen LogP contribution in [0.15, 0.2) is 0 Å². The summed E-state index contributed by atoms with van der Waals surface area (Å²) in [6.45, 7) is -3.49. The first-order valence-electron chi connectivity index (χ1n) is 30.2. The van der Waals surface area contributed by atoms with Crippen LogP contribution in [-0.4, -0.2) is 403 Å². The van der Waals surface area contributed by atoms with Crippen LogP contribution in [0.1, 0.15) is 34.1 Å². The summed E-state index contributed by atoms with van der Waals surface area (Å²) in [5.74, 6) is -8.84. The van der Waals surface area contributed by atoms with E-state index in [9.17, 15) is 131 Å². The van der Waals surface area contributed by atoms with Crippen LogP contribution in [-0.2, 0) is 85.6 Å². The van der Waals surface area contributed by atoms with Crippen LogP contribution < -0.4 is 21.3 Å². The molecule has 0 unspecified atom stereocenters. The molecule has 7 aliphatic heterocycles. The Morgan fingerprint density at radius 2 is 0.823 bits per heavy atom. The van der Waals surface area contributed by atoms with Crippen LogP contribution in [0.3, 0.4) is 0 Å². The molecule has 7 saturated heterocycles. The first-order valence-corrected chi connectivity index (χ1v) is 30.2. The average molecular weight is 1410 g/mol. The van der Waals surface area contributed by atoms with Gasteiger partial charge < -0.3 is 190 Å². The Balaban J connectivity index is 1.08. The predicted octanol–water partition coefficient (Wildman–Crippen LogP) is -16.5. The van der Waals surface area contributed by atoms with Crippen molar-refractivity contribution in [3.05, 3.63) is 0 Å². The average Bonchev–Trinajstić information content (AvgIpc) is 0.766. The zero-order chi connectivity index (χ0) is 71.3. The maximum absolute atomic E-state index is 13.1. The molecule has 4 amide bonds. The lowest BCUT2D eigenvalue weighted by Crippen LogP contribution is -2.71. The van der Waals surface area contributed by atoms with Gasteiger partial charge in [0.05, 0.1) is 58.4 Å². The molecule has 36 atom stereocenters. The fraction of sp³-hybridized carbons (Fsp3) is 0.906. The summed E-state index contributed by atoms with van der Waals surface area (Å²) in [7, 11) is 0. The molecule has 0 aromatic rings. The molecule has 0 spiro atoms. The molecule has 0 bridgehead atoms. The van der Waals surface area contributed by atoms with Gasteiger partial charge in [0.15, 0.2) is 37.7 Å². The molecule has 554 valence electrons. The number of ether oxygens (including phenoxy) is 13. The molecule has 0 saturated carbocycles. The highest BCUT2D eigenvalue weighted by atomic mass is 16.8. The highest BCUT2D eigenvalue weighted by Gasteiger charge is 2.62. The number of carbonyl (C=O) groups is 5. The third-order valence-electron chi connectivity index (χ3n) is 17.1. The van der Waals surface area contributed by atoms with E-state index >= 15 is 0 Å². The topological polar surface area (TPSA) is 678 Å². The monoisotopic (exact) mass is 1400 g/mol. The Bertz CT molecular complexity index is 2540. The van der Waals surface area contributed by atoms with Crippen molar-refractivity contribution in [3.8, 4) is 0 Å². The lowest BCUT2D eigenvalue weighted by molar-refractivity contribution is -0.382. The SMILES string of the molecule is CC(=O)N[C@@H]1[C@@H](O[C@@H]2O[C@H](CO)[C@H](O)[C@H](O[C@]3(C(=O)O)C[C@H](O)[C@@H](NC(C)=O)[C@H]([C@H](O)[C@H](O)CO)O3)[C@H]2O)[C@@H](O)[C@@H](CO[C@@H]2O[C@H](CO)[C@@H](O[C@@H]3O[C@H](CO)[C@H](O)[C@H](O[C@@H]4O[C@H](CO)[C@@H](O[C@@H]5O[C@H](CO)[C@H](O)[C@H](O)[C@H]5O)[C@H](O)[C@H]4NC(C)=O)[C@H]3O)[C@H](O)[C@H]2NC(C)=O)O[C@@H]1O. The number of amides is 4. The fourth-order valence-electron chi connectivity index (χ4n) is 12.2. The van der Waals surface area contributed by atoms with Crippen molar-refractivity contribution in [1.29, 1.82) is 0 Å². The molecule has 7 fully saturated rings. The zero-order valence-electron chi connectivity index (χ0n) is 51.6. The van der Waals surface area contributed by atoms with Gasteiger partial charge in [-0.25, -0.2) is 4.79 Å². The quantitative estimate of drug-likeness (QED) is 0.0382. The van der Waals surface area contributed by atoms with E-state index in [2.05, 4.69) is 21.3 Å². The van der Waals surface area contributed by atoms with E-state index < -0.39 is 303 Å². The molecule has 0 aliphatic carbocycles. The van der Waals surface area contributed by atoms with Gasteiger partial charge in [-0.05, 0) is 0 Å². The number of nitrogens with one attached hydrogen (secondary N) is 4. The number of carbonyl (C=O) groups excluding carboxylic acids is 4. The summed E-state index contributed by atoms with van der Waals surface area (Å²) in [5.41, 5.74) is 0. The minimum Gasteiger partial charge on any atom is -0.477 e. The zero-order valence-corrected chi connectivity index (χ0v) is 51.6. The molecule has 7 rings (SSSR count). The summed E-state index contributed by atoms with van der Waals surface area (Å²) in [4.78, 5) is 63.1. The van der Waals surface area contributed by atoms with Crippen molar-refractivity contribution < 1.29 is 193 Å². The molecular formula is C53H88N4O39. The third kappa shape index (κ3) is 17.5. The minimum atomic E-state index is -3.24. The van der Waals surface area contributed by atoms with Crippen molar-refractivity contribution in [2.45, 2.75) is 254 Å². The summed E-state index contributed by atoms with van der Waals surface area (Å²) in [5, 5.41) is 238. The molecule has 7 aliphatic rings. The van der Waals surface area contributed by atoms with E-state index in [1.54, 1.807) is 0 Å². The normalized spacial score (nSPS) is 46.0. The van der Waals surface area contributed by atoms with Gasteiger partial charge in [-0.1, -0.05) is 0 Å². The highest BCUT2D eigenvalue weighted by molar-refractivity contribution is 5.77. The second kappa shape index (κ2) is 34.1. The Morgan fingerprint density at radius 1 is 0.427 bits per heavy atom. The molecule has 43 heteroatoms. The van der Waals surface area contributed by atoms with Crippen LogP contribution in [0.25, 0.3) is 0 Å². The molecule has 43 nitrogen and oxygen atoms in total. The molecule has 96 heavy (non-hydrogen) atoms. The largest absolute Gasteiger partial charge is 0.477 e. The molecule has 25 N–H and O–H groups in total. The summed E-state index contributed by atoms with van der Waals surface area (Å²) >= 11 is 0. The Morgan fingerprint density at radius 3 is 1.30 bits per heavy atom. The lowest BCUT2D eigenvalue weighted by Gasteiger charge is -2.51. The van der Waals surface area contributed by atoms with E-state index in [-0.39, 0.29) is 0 Å². The van der Waals surface area contributed by atoms with E-state index in [0.717, 1.165) is 27.7 Å². The minimum absolute atomic E-state index is 0.843. The molecule has 7 heterocycles. The van der Waals surface area contributed by atoms with Crippen LogP contribution in [0, 0.1) is 0 Å². The van der Waals surface area contributed by atoms with Gasteiger partial charge in [-0.3, -0.25) is 19.2 Å². The Hall–Kier alpha value is -3.97. The van der Waals surface area contributed by atoms with Crippen molar-refractivity contribution in [2.24, 2.45) is 0 Å². The van der Waals surface area contributed by atoms with Gasteiger partial charge in [-0.2, -0.15) is 0 Å². The molecular weight excluding hydrogens is 1320 g/mol. The van der Waals surface area contributed by atoms with Crippen molar-refractivity contribution in [3.63, 3.8) is 0 Å². The van der Waals surface area contributed by atoms with Crippen molar-refractivity contribution in [1.82, 2.24) is 21.3 Å². The first-order chi connectivity index (χ1) is 45.2. The maximum Gasteiger partial charge on any atom is 0.364 e. The standard InChI is InChI=1S/C53H88N4O39/c1-13(64)54-25-17(68)5-53(52(82)83,95-43(25)29(70)18(69)6-58)96-45-32(73)21(9-61)88-51(39(45)80)93-42-28(57-16(4)67)46(81)85-24(33(42)74)12-84-47-26(55-14(2)65)34(75)40(22(10-62)89-47)92-50-38(79)44(31(72)20(8-60)87-50)94-48-27(56-15(3)66)35(76)41(23(11-63)90-48)91-49-37(78)36(77)30(71)19(7-59)86-49/h17-51,58-63,68-81H,5-12H2,1-4H3,(H,54,64)(H,55,65)(H,56,66)(H,57,67)(H,82,83)/t17-,18+,19+,20+,21+,22+,23+,24+,25+,26+,27+,28+,29+,30-,31-,32-,33-,34+,35+,36-,37+,38+,39+,40+,41+,42+,43+,44-,45-,46-,47+,48-,49-,50-,51-,53-/m0/s1. The van der Waals surface area contributed by atoms with E-state index in [0.29, 0.717) is 0 Å². The summed E-state index contributed by atoms with van der Waals surface area (Å²) in [6.07, 6.45) is -64.0. The van der Waals surface area contributed by atoms with Gasteiger partial charge in [-0.15, -0.1) is 0 Å². The van der Waals surface area contributed by atoms with Gasteiger partial charge in [0, 0.05) is 34.1 Å². The van der Waals surface area contributed by atoms with Crippen LogP contribution in [0.4, 0.5) is 0 Å². The fourth-order valence-corrected chi connectivity index (χ4v) is 12.2. The van der Waals surface area contributed by atoms with Gasteiger partial charge in [0.2, 0.25) is 23.6 Å². The second-order valence-electron chi connectivity index (χ2n) is 24.0. The van der Waals surface area contributed by atoms with Crippen LogP contribution in [0.5, 0.6) is 0 Å². The van der Waals surface area contributed by atoms with Crippen LogP contribution >= 0.6 is 0 Å². The predicted molar refractivity (Wildman–Crippen MR) is 295 cm³/mol. The molecule has 0 radical (unpaired) electrons. The highest BCUT2D eigenvalue weighted by Crippen LogP contribution is 2.40. The van der Waals surface area contributed by atoms with Crippen molar-refractivity contribution in [2.75, 3.05) is 46.2 Å². The number of hydrogen-bond acceptors (Lipinski definition) is 38. The van der Waals surface area contributed by atoms with Gasteiger partial charge in [0.25, 0.3) is 5.79 Å². The van der Waals surface area contributed by atoms with E-state index in [1.807, 2.05) is 0 Å². The number of carboxylic acids is 1. The molecule has 0 aromatic carbocycles. The van der Waals surface area contributed by atoms with Gasteiger partial charge in [0.1, 0.15) is 165 Å². The summed E-state index contributed by atoms with van der Waals surface area (Å²) < 4.78 is 74.9.